The molecular weight excluding hydrogens is 587 g/mol. The maximum atomic E-state index is 14.1. The van der Waals surface area contributed by atoms with E-state index in [4.69, 9.17) is 0 Å². The van der Waals surface area contributed by atoms with Crippen molar-refractivity contribution in [3.05, 3.63) is 29.8 Å². The molecular formula is C18H11F17O3. The number of halogens is 17. The summed E-state index contributed by atoms with van der Waals surface area (Å²) in [5.74, 6) is -59.6. The molecule has 1 aromatic carbocycles. The zero-order chi connectivity index (χ0) is 30.6. The van der Waals surface area contributed by atoms with Gasteiger partial charge in [-0.3, -0.25) is 4.79 Å². The fourth-order valence-electron chi connectivity index (χ4n) is 2.68. The molecule has 0 aliphatic heterocycles. The number of para-hydroxylation sites is 1. The van der Waals surface area contributed by atoms with Gasteiger partial charge in [0.15, 0.2) is 0 Å². The summed E-state index contributed by atoms with van der Waals surface area (Å²) in [5.41, 5.74) is -1.07. The molecule has 0 aliphatic carbocycles. The van der Waals surface area contributed by atoms with E-state index in [1.807, 2.05) is 0 Å². The molecule has 0 spiro atoms. The van der Waals surface area contributed by atoms with E-state index >= 15 is 0 Å². The number of alkyl halides is 17. The van der Waals surface area contributed by atoms with E-state index in [1.165, 1.54) is 0 Å². The van der Waals surface area contributed by atoms with Gasteiger partial charge in [-0.25, -0.2) is 0 Å². The van der Waals surface area contributed by atoms with Gasteiger partial charge in [-0.15, -0.1) is 0 Å². The van der Waals surface area contributed by atoms with Gasteiger partial charge < -0.3 is 9.84 Å². The maximum absolute atomic E-state index is 14.1. The van der Waals surface area contributed by atoms with Crippen LogP contribution in [0.25, 0.3) is 0 Å². The summed E-state index contributed by atoms with van der Waals surface area (Å²) in [6, 6.07) is 3.07. The highest BCUT2D eigenvalue weighted by molar-refractivity contribution is 5.69. The topological polar surface area (TPSA) is 46.5 Å². The van der Waals surface area contributed by atoms with Gasteiger partial charge in [0.05, 0.1) is 6.10 Å². The van der Waals surface area contributed by atoms with Crippen LogP contribution in [-0.2, 0) is 4.79 Å². The first kappa shape index (κ1) is 33.5. The number of esters is 1. The second kappa shape index (κ2) is 9.58. The third kappa shape index (κ3) is 4.94. The summed E-state index contributed by atoms with van der Waals surface area (Å²) in [4.78, 5) is 11.0. The zero-order valence-corrected chi connectivity index (χ0v) is 17.8. The normalized spacial score (nSPS) is 15.9. The van der Waals surface area contributed by atoms with Crippen molar-refractivity contribution in [2.75, 3.05) is 0 Å². The van der Waals surface area contributed by atoms with Crippen LogP contribution in [0.3, 0.4) is 0 Å². The lowest BCUT2D eigenvalue weighted by Gasteiger charge is -2.43. The quantitative estimate of drug-likeness (QED) is 0.179. The minimum atomic E-state index is -8.73. The summed E-state index contributed by atoms with van der Waals surface area (Å²) >= 11 is 0. The molecule has 0 saturated heterocycles. The van der Waals surface area contributed by atoms with Crippen molar-refractivity contribution >= 4 is 5.97 Å². The number of hydrogen-bond donors (Lipinski definition) is 1. The Morgan fingerprint density at radius 2 is 1.05 bits per heavy atom. The lowest BCUT2D eigenvalue weighted by Crippen LogP contribution is -2.74. The Labute approximate surface area is 199 Å². The van der Waals surface area contributed by atoms with Gasteiger partial charge in [-0.2, -0.15) is 74.6 Å². The van der Waals surface area contributed by atoms with Crippen LogP contribution in [0, 0.1) is 0 Å². The number of ether oxygens (including phenoxy) is 1. The number of aliphatic hydroxyl groups excluding tert-OH is 1. The Morgan fingerprint density at radius 3 is 1.45 bits per heavy atom. The van der Waals surface area contributed by atoms with Crippen LogP contribution in [0.4, 0.5) is 74.6 Å². The first-order valence-electron chi connectivity index (χ1n) is 9.21. The predicted molar refractivity (Wildman–Crippen MR) is 88.0 cm³/mol. The van der Waals surface area contributed by atoms with Crippen LogP contribution in [0.2, 0.25) is 0 Å². The molecule has 1 N–H and O–H groups in total. The molecule has 0 saturated carbocycles. The highest BCUT2D eigenvalue weighted by atomic mass is 19.4. The molecule has 0 aliphatic rings. The van der Waals surface area contributed by atoms with Crippen molar-refractivity contribution in [3.8, 4) is 5.75 Å². The van der Waals surface area contributed by atoms with E-state index in [-0.39, 0.29) is 0 Å². The van der Waals surface area contributed by atoms with E-state index in [0.717, 1.165) is 12.1 Å². The predicted octanol–water partition coefficient (Wildman–Crippen LogP) is 7.04. The SMILES string of the molecule is CC(=O)Oc1ccccc1C(O)CC(F)(F)C(F)(F)C(F)(F)C(F)(F)C(F)(F)C(F)(F)C(F)(F)C(F)(F)F. The largest absolute Gasteiger partial charge is 0.460 e. The van der Waals surface area contributed by atoms with Crippen molar-refractivity contribution in [2.45, 2.75) is 67.1 Å². The van der Waals surface area contributed by atoms with E-state index in [9.17, 15) is 84.5 Å². The van der Waals surface area contributed by atoms with Gasteiger partial charge in [0.2, 0.25) is 0 Å². The smallest absolute Gasteiger partial charge is 0.426 e. The van der Waals surface area contributed by atoms with E-state index in [0.29, 0.717) is 19.1 Å². The molecule has 0 fully saturated rings. The summed E-state index contributed by atoms with van der Waals surface area (Å²) < 4.78 is 231. The molecule has 0 aromatic heterocycles. The number of benzene rings is 1. The molecule has 220 valence electrons. The Bertz CT molecular complexity index is 1020. The number of hydrogen-bond acceptors (Lipinski definition) is 3. The van der Waals surface area contributed by atoms with Crippen LogP contribution < -0.4 is 4.74 Å². The Morgan fingerprint density at radius 1 is 0.684 bits per heavy atom. The molecule has 38 heavy (non-hydrogen) atoms. The van der Waals surface area contributed by atoms with E-state index in [1.54, 1.807) is 0 Å². The van der Waals surface area contributed by atoms with Crippen LogP contribution in [0.5, 0.6) is 5.75 Å². The van der Waals surface area contributed by atoms with Gasteiger partial charge in [0.25, 0.3) is 0 Å². The second-order valence-corrected chi connectivity index (χ2v) is 7.50. The molecule has 20 heteroatoms. The fraction of sp³-hybridized carbons (Fsp3) is 0.611. The molecule has 1 rings (SSSR count). The minimum Gasteiger partial charge on any atom is -0.426 e. The number of rotatable bonds is 10. The molecule has 0 heterocycles. The fourth-order valence-corrected chi connectivity index (χ4v) is 2.68. The van der Waals surface area contributed by atoms with E-state index < -0.39 is 77.4 Å². The molecule has 3 nitrogen and oxygen atoms in total. The lowest BCUT2D eigenvalue weighted by atomic mass is 9.87. The maximum Gasteiger partial charge on any atom is 0.460 e. The molecule has 1 aromatic rings. The van der Waals surface area contributed by atoms with Crippen molar-refractivity contribution in [2.24, 2.45) is 0 Å². The van der Waals surface area contributed by atoms with Crippen LogP contribution >= 0.6 is 0 Å². The molecule has 1 atom stereocenters. The zero-order valence-electron chi connectivity index (χ0n) is 17.8. The first-order valence-corrected chi connectivity index (χ1v) is 9.21. The minimum absolute atomic E-state index is 0.540. The molecule has 0 amide bonds. The number of carbonyl (C=O) groups excluding carboxylic acids is 1. The van der Waals surface area contributed by atoms with Crippen LogP contribution in [-0.4, -0.2) is 58.7 Å². The summed E-state index contributed by atoms with van der Waals surface area (Å²) in [6.07, 6.45) is -14.1. The van der Waals surface area contributed by atoms with Gasteiger partial charge in [0.1, 0.15) is 5.75 Å². The number of aliphatic hydroxyl groups is 1. The van der Waals surface area contributed by atoms with Crippen molar-refractivity contribution in [3.63, 3.8) is 0 Å². The summed E-state index contributed by atoms with van der Waals surface area (Å²) in [5, 5.41) is 9.74. The third-order valence-corrected chi connectivity index (χ3v) is 4.77. The Kier molecular flexibility index (Phi) is 8.44. The van der Waals surface area contributed by atoms with Crippen molar-refractivity contribution in [1.29, 1.82) is 0 Å². The first-order chi connectivity index (χ1) is 16.5. The third-order valence-electron chi connectivity index (χ3n) is 4.77. The Balaban J connectivity index is 3.57. The highest BCUT2D eigenvalue weighted by Gasteiger charge is 2.95. The van der Waals surface area contributed by atoms with Crippen LogP contribution in [0.1, 0.15) is 25.0 Å². The van der Waals surface area contributed by atoms with Crippen LogP contribution in [0.15, 0.2) is 24.3 Å². The average molecular weight is 598 g/mol. The van der Waals surface area contributed by atoms with Crippen molar-refractivity contribution in [1.82, 2.24) is 0 Å². The standard InChI is InChI=1S/C18H11F17O3/c1-7(36)38-10-5-3-2-4-8(10)9(37)6-11(19,20)12(21,22)13(23,24)14(25,26)15(27,28)16(29,30)17(31,32)18(33,34)35/h2-5,9,37H,6H2,1H3. The van der Waals surface area contributed by atoms with Gasteiger partial charge in [-0.1, -0.05) is 18.2 Å². The second-order valence-electron chi connectivity index (χ2n) is 7.50. The van der Waals surface area contributed by atoms with Gasteiger partial charge >= 0.3 is 53.6 Å². The molecule has 0 radical (unpaired) electrons. The molecule has 1 unspecified atom stereocenters. The van der Waals surface area contributed by atoms with Gasteiger partial charge in [-0.05, 0) is 6.07 Å². The summed E-state index contributed by atoms with van der Waals surface area (Å²) in [7, 11) is 0. The van der Waals surface area contributed by atoms with E-state index in [2.05, 4.69) is 4.74 Å². The van der Waals surface area contributed by atoms with Crippen molar-refractivity contribution < 1.29 is 89.3 Å². The summed E-state index contributed by atoms with van der Waals surface area (Å²) in [6.45, 7) is 0.687. The average Bonchev–Trinajstić information content (AvgIpc) is 2.71. The lowest BCUT2D eigenvalue weighted by molar-refractivity contribution is -0.462. The highest BCUT2D eigenvalue weighted by Crippen LogP contribution is 2.64. The number of carbonyl (C=O) groups is 1. The molecule has 0 bridgehead atoms. The monoisotopic (exact) mass is 598 g/mol. The van der Waals surface area contributed by atoms with Gasteiger partial charge in [0, 0.05) is 18.9 Å². The Hall–Kier alpha value is -2.54.